The largest absolute Gasteiger partial charge is 0.507 e. The van der Waals surface area contributed by atoms with E-state index in [4.69, 9.17) is 9.15 Å². The van der Waals surface area contributed by atoms with Gasteiger partial charge in [0.1, 0.15) is 17.1 Å². The first-order valence-electron chi connectivity index (χ1n) is 10.5. The minimum absolute atomic E-state index is 0.0881. The fourth-order valence-electron chi connectivity index (χ4n) is 3.41. The van der Waals surface area contributed by atoms with Crippen molar-refractivity contribution in [3.63, 3.8) is 0 Å². The molecule has 3 rings (SSSR count). The Bertz CT molecular complexity index is 1140. The lowest BCUT2D eigenvalue weighted by molar-refractivity contribution is -0.154. The van der Waals surface area contributed by atoms with Gasteiger partial charge in [0, 0.05) is 6.54 Å². The average molecular weight is 449 g/mol. The highest BCUT2D eigenvalue weighted by Gasteiger charge is 2.41. The van der Waals surface area contributed by atoms with Crippen LogP contribution in [0.1, 0.15) is 43.6 Å². The van der Waals surface area contributed by atoms with Crippen molar-refractivity contribution < 1.29 is 27.4 Å². The quantitative estimate of drug-likeness (QED) is 0.450. The normalized spacial score (nSPS) is 12.0. The number of hydrogen-bond donors (Lipinski definition) is 1. The van der Waals surface area contributed by atoms with Crippen molar-refractivity contribution in [3.05, 3.63) is 63.5 Å². The molecular weight excluding hydrogens is 423 g/mol. The summed E-state index contributed by atoms with van der Waals surface area (Å²) in [5.41, 5.74) is -0.135. The molecule has 0 bridgehead atoms. The van der Waals surface area contributed by atoms with E-state index in [-0.39, 0.29) is 34.6 Å². The van der Waals surface area contributed by atoms with Crippen LogP contribution in [0.3, 0.4) is 0 Å². The molecule has 5 nitrogen and oxygen atoms in total. The third-order valence-corrected chi connectivity index (χ3v) is 5.23. The average Bonchev–Trinajstić information content (AvgIpc) is 2.75. The number of hydrogen-bond acceptors (Lipinski definition) is 5. The van der Waals surface area contributed by atoms with E-state index in [0.717, 1.165) is 24.8 Å². The lowest BCUT2D eigenvalue weighted by Crippen LogP contribution is -2.20. The number of rotatable bonds is 8. The van der Waals surface area contributed by atoms with Gasteiger partial charge in [-0.15, -0.1) is 0 Å². The molecule has 1 N–H and O–H groups in total. The number of ether oxygens (including phenoxy) is 1. The summed E-state index contributed by atoms with van der Waals surface area (Å²) in [5, 5.41) is 10.2. The number of halogens is 3. The zero-order chi connectivity index (χ0) is 23.5. The molecular formula is C24H26F3NO4. The van der Waals surface area contributed by atoms with Gasteiger partial charge in [-0.1, -0.05) is 32.4 Å². The monoisotopic (exact) mass is 449 g/mol. The van der Waals surface area contributed by atoms with Gasteiger partial charge < -0.3 is 19.2 Å². The van der Waals surface area contributed by atoms with Gasteiger partial charge >= 0.3 is 6.18 Å². The molecule has 0 fully saturated rings. The first-order chi connectivity index (χ1) is 15.2. The highest BCUT2D eigenvalue weighted by molar-refractivity contribution is 5.83. The minimum Gasteiger partial charge on any atom is -0.507 e. The number of aromatic hydroxyl groups is 1. The Labute approximate surface area is 184 Å². The second-order valence-electron chi connectivity index (χ2n) is 7.72. The molecule has 0 amide bonds. The number of phenolic OH excluding ortho intramolecular Hbond substituents is 1. The van der Waals surface area contributed by atoms with E-state index >= 15 is 0 Å². The number of unbranched alkanes of at least 4 members (excludes halogenated alkanes) is 1. The van der Waals surface area contributed by atoms with Gasteiger partial charge in [-0.05, 0) is 56.3 Å². The van der Waals surface area contributed by atoms with Crippen LogP contribution in [0.25, 0.3) is 11.0 Å². The topological polar surface area (TPSA) is 62.9 Å². The molecule has 0 aliphatic carbocycles. The van der Waals surface area contributed by atoms with Crippen molar-refractivity contribution >= 4 is 11.0 Å². The number of phenols is 1. The Kier molecular flexibility index (Phi) is 7.13. The van der Waals surface area contributed by atoms with Crippen molar-refractivity contribution in [1.82, 2.24) is 4.90 Å². The number of nitrogens with zero attached hydrogens (tertiary/aromatic N) is 1. The summed E-state index contributed by atoms with van der Waals surface area (Å²) in [6.07, 6.45) is -2.39. The van der Waals surface area contributed by atoms with Crippen LogP contribution in [-0.4, -0.2) is 23.6 Å². The third kappa shape index (κ3) is 5.07. The summed E-state index contributed by atoms with van der Waals surface area (Å²) < 4.78 is 52.2. The second kappa shape index (κ2) is 9.65. The predicted molar refractivity (Wildman–Crippen MR) is 116 cm³/mol. The molecule has 0 atom stereocenters. The Morgan fingerprint density at radius 1 is 1.09 bits per heavy atom. The number of fused-ring (bicyclic) bond motifs is 1. The molecule has 1 heterocycles. The maximum atomic E-state index is 13.9. The van der Waals surface area contributed by atoms with Crippen LogP contribution in [0.15, 0.2) is 45.6 Å². The molecule has 2 aromatic carbocycles. The van der Waals surface area contributed by atoms with Crippen LogP contribution in [-0.2, 0) is 19.1 Å². The van der Waals surface area contributed by atoms with Gasteiger partial charge in [0.15, 0.2) is 0 Å². The zero-order valence-corrected chi connectivity index (χ0v) is 18.3. The number of aryl methyl sites for hydroxylation is 1. The van der Waals surface area contributed by atoms with Crippen LogP contribution >= 0.6 is 0 Å². The highest BCUT2D eigenvalue weighted by atomic mass is 19.4. The summed E-state index contributed by atoms with van der Waals surface area (Å²) in [6.45, 7) is 4.77. The van der Waals surface area contributed by atoms with E-state index in [0.29, 0.717) is 6.54 Å². The van der Waals surface area contributed by atoms with Gasteiger partial charge in [0.05, 0.1) is 10.9 Å². The van der Waals surface area contributed by atoms with E-state index < -0.39 is 23.1 Å². The summed E-state index contributed by atoms with van der Waals surface area (Å²) >= 11 is 0. The molecule has 0 spiro atoms. The van der Waals surface area contributed by atoms with Crippen LogP contribution in [0, 0.1) is 0 Å². The third-order valence-electron chi connectivity index (χ3n) is 5.23. The van der Waals surface area contributed by atoms with E-state index in [1.807, 2.05) is 18.7 Å². The first-order valence-corrected chi connectivity index (χ1v) is 10.5. The van der Waals surface area contributed by atoms with Gasteiger partial charge in [0.2, 0.25) is 11.2 Å². The lowest BCUT2D eigenvalue weighted by Gasteiger charge is -2.19. The second-order valence-corrected chi connectivity index (χ2v) is 7.72. The molecule has 0 radical (unpaired) electrons. The standard InChI is InChI=1S/C24H26F3NO4/c1-4-6-13-28(3)14-18-19(29)12-11-17-20(30)22(23(24(25,26)27)32-21(17)18)31-16-9-7-15(5-2)8-10-16/h7-12,29H,4-6,13-14H2,1-3H3. The van der Waals surface area contributed by atoms with Gasteiger partial charge in [0.25, 0.3) is 5.76 Å². The van der Waals surface area contributed by atoms with Gasteiger partial charge in [-0.3, -0.25) is 4.79 Å². The van der Waals surface area contributed by atoms with Crippen molar-refractivity contribution in [1.29, 1.82) is 0 Å². The molecule has 3 aromatic rings. The summed E-state index contributed by atoms with van der Waals surface area (Å²) in [7, 11) is 1.79. The summed E-state index contributed by atoms with van der Waals surface area (Å²) in [6, 6.07) is 8.98. The Balaban J connectivity index is 2.15. The Morgan fingerprint density at radius 2 is 1.78 bits per heavy atom. The SMILES string of the molecule is CCCCN(C)Cc1c(O)ccc2c(=O)c(Oc3ccc(CC)cc3)c(C(F)(F)F)oc12. The Morgan fingerprint density at radius 3 is 2.38 bits per heavy atom. The maximum absolute atomic E-state index is 13.9. The molecule has 0 aliphatic heterocycles. The van der Waals surface area contributed by atoms with Crippen molar-refractivity contribution in [2.75, 3.05) is 13.6 Å². The van der Waals surface area contributed by atoms with E-state index in [9.17, 15) is 23.1 Å². The molecule has 0 aliphatic rings. The minimum atomic E-state index is -4.97. The molecule has 8 heteroatoms. The summed E-state index contributed by atoms with van der Waals surface area (Å²) in [4.78, 5) is 14.9. The predicted octanol–water partition coefficient (Wildman–Crippen LogP) is 6.10. The zero-order valence-electron chi connectivity index (χ0n) is 18.3. The molecule has 172 valence electrons. The molecule has 1 aromatic heterocycles. The van der Waals surface area contributed by atoms with Crippen LogP contribution in [0.4, 0.5) is 13.2 Å². The Hall–Kier alpha value is -3.00. The maximum Gasteiger partial charge on any atom is 0.453 e. The van der Waals surface area contributed by atoms with Crippen LogP contribution in [0.5, 0.6) is 17.2 Å². The molecule has 0 saturated heterocycles. The first kappa shape index (κ1) is 23.7. The van der Waals surface area contributed by atoms with Crippen molar-refractivity contribution in [3.8, 4) is 17.2 Å². The molecule has 0 unspecified atom stereocenters. The van der Waals surface area contributed by atoms with Gasteiger partial charge in [-0.25, -0.2) is 0 Å². The highest BCUT2D eigenvalue weighted by Crippen LogP contribution is 2.40. The van der Waals surface area contributed by atoms with Crippen molar-refractivity contribution in [2.45, 2.75) is 45.8 Å². The molecule has 32 heavy (non-hydrogen) atoms. The van der Waals surface area contributed by atoms with E-state index in [2.05, 4.69) is 0 Å². The fourth-order valence-corrected chi connectivity index (χ4v) is 3.41. The molecule has 0 saturated carbocycles. The van der Waals surface area contributed by atoms with Crippen LogP contribution in [0.2, 0.25) is 0 Å². The number of benzene rings is 2. The van der Waals surface area contributed by atoms with E-state index in [1.165, 1.54) is 24.3 Å². The van der Waals surface area contributed by atoms with Crippen molar-refractivity contribution in [2.24, 2.45) is 0 Å². The van der Waals surface area contributed by atoms with E-state index in [1.54, 1.807) is 19.2 Å². The fraction of sp³-hybridized carbons (Fsp3) is 0.375. The smallest absolute Gasteiger partial charge is 0.453 e. The van der Waals surface area contributed by atoms with Crippen LogP contribution < -0.4 is 10.2 Å². The lowest BCUT2D eigenvalue weighted by atomic mass is 10.1. The summed E-state index contributed by atoms with van der Waals surface area (Å²) in [5.74, 6) is -2.60. The van der Waals surface area contributed by atoms with Gasteiger partial charge in [-0.2, -0.15) is 13.2 Å². The number of alkyl halides is 3.